The molecule has 0 unspecified atom stereocenters. The average molecular weight is 165 g/mol. The lowest BCUT2D eigenvalue weighted by molar-refractivity contribution is 0.848. The molecule has 5 N–H and O–H groups in total. The molecule has 60 valence electrons. The van der Waals surface area contributed by atoms with Gasteiger partial charge in [-0.2, -0.15) is 3.89 Å². The van der Waals surface area contributed by atoms with Gasteiger partial charge in [0.05, 0.1) is 0 Å². The minimum absolute atomic E-state index is 0.327. The summed E-state index contributed by atoms with van der Waals surface area (Å²) in [5.41, 5.74) is 8.37. The first kappa shape index (κ1) is 9.58. The fraction of sp³-hybridized carbons (Fsp3) is 0.600. The Bertz CT molecular complexity index is 107. The van der Waals surface area contributed by atoms with E-state index < -0.39 is 0 Å². The molecular formula is C5H12FN3S. The van der Waals surface area contributed by atoms with Crippen molar-refractivity contribution in [3.63, 3.8) is 0 Å². The summed E-state index contributed by atoms with van der Waals surface area (Å²) < 4.78 is 11.4. The smallest absolute Gasteiger partial charge is 0.0443 e. The Morgan fingerprint density at radius 2 is 2.40 bits per heavy atom. The summed E-state index contributed by atoms with van der Waals surface area (Å²) in [6.07, 6.45) is 2.93. The highest BCUT2D eigenvalue weighted by atomic mass is 32.2. The van der Waals surface area contributed by atoms with Crippen molar-refractivity contribution in [3.8, 4) is 0 Å². The van der Waals surface area contributed by atoms with E-state index in [0.29, 0.717) is 30.0 Å². The van der Waals surface area contributed by atoms with Crippen molar-refractivity contribution in [2.75, 3.05) is 5.75 Å². The van der Waals surface area contributed by atoms with Gasteiger partial charge in [-0.05, 0) is 12.8 Å². The van der Waals surface area contributed by atoms with Crippen LogP contribution in [0.2, 0.25) is 0 Å². The van der Waals surface area contributed by atoms with Crippen molar-refractivity contribution in [1.29, 1.82) is 0 Å². The fourth-order valence-corrected chi connectivity index (χ4v) is 0.764. The Labute approximate surface area is 64.3 Å². The number of hydrogen-bond acceptors (Lipinski definition) is 4. The first-order chi connectivity index (χ1) is 4.81. The summed E-state index contributed by atoms with van der Waals surface area (Å²) in [4.78, 5) is 0. The average Bonchev–Trinajstić information content (AvgIpc) is 1.89. The number of nitrogens with two attached hydrogens (primary N) is 2. The van der Waals surface area contributed by atoms with E-state index in [1.54, 1.807) is 0 Å². The highest BCUT2D eigenvalue weighted by molar-refractivity contribution is 7.94. The van der Waals surface area contributed by atoms with Crippen LogP contribution in [0.4, 0.5) is 3.89 Å². The lowest BCUT2D eigenvalue weighted by Gasteiger charge is -1.97. The van der Waals surface area contributed by atoms with Crippen molar-refractivity contribution in [3.05, 3.63) is 11.9 Å². The van der Waals surface area contributed by atoms with Crippen molar-refractivity contribution < 1.29 is 3.89 Å². The molecule has 0 amide bonds. The zero-order valence-corrected chi connectivity index (χ0v) is 6.46. The molecule has 0 fully saturated rings. The number of halogens is 1. The molecule has 0 saturated heterocycles. The number of hydrogen-bond donors (Lipinski definition) is 3. The normalized spacial score (nSPS) is 11.6. The molecule has 3 nitrogen and oxygen atoms in total. The van der Waals surface area contributed by atoms with Gasteiger partial charge in [-0.1, -0.05) is 0 Å². The van der Waals surface area contributed by atoms with E-state index in [4.69, 9.17) is 11.6 Å². The third-order valence-electron chi connectivity index (χ3n) is 0.956. The topological polar surface area (TPSA) is 64.1 Å². The van der Waals surface area contributed by atoms with Crippen LogP contribution in [0.1, 0.15) is 12.8 Å². The Hall–Kier alpha value is -0.420. The van der Waals surface area contributed by atoms with Gasteiger partial charge in [-0.25, -0.2) is 0 Å². The zero-order valence-electron chi connectivity index (χ0n) is 5.64. The number of rotatable bonds is 5. The first-order valence-corrected chi connectivity index (χ1v) is 3.84. The van der Waals surface area contributed by atoms with Crippen LogP contribution in [-0.2, 0) is 0 Å². The van der Waals surface area contributed by atoms with Gasteiger partial charge in [0.25, 0.3) is 0 Å². The quantitative estimate of drug-likeness (QED) is 0.318. The molecule has 10 heavy (non-hydrogen) atoms. The molecule has 5 heteroatoms. The summed E-state index contributed by atoms with van der Waals surface area (Å²) >= 11 is 0.327. The summed E-state index contributed by atoms with van der Waals surface area (Å²) in [6, 6.07) is 0. The highest BCUT2D eigenvalue weighted by Gasteiger charge is 1.90. The first-order valence-electron chi connectivity index (χ1n) is 2.95. The molecule has 0 aliphatic rings. The monoisotopic (exact) mass is 165 g/mol. The molecule has 0 rings (SSSR count). The number of nitrogens with one attached hydrogen (secondary N) is 1. The predicted octanol–water partition coefficient (Wildman–Crippen LogP) is 0.648. The minimum Gasteiger partial charge on any atom is -0.401 e. The zero-order chi connectivity index (χ0) is 7.82. The highest BCUT2D eigenvalue weighted by Crippen LogP contribution is 2.06. The molecule has 0 aliphatic carbocycles. The van der Waals surface area contributed by atoms with Gasteiger partial charge in [-0.3, -0.25) is 5.84 Å². The summed E-state index contributed by atoms with van der Waals surface area (Å²) in [5.74, 6) is 5.43. The van der Waals surface area contributed by atoms with Crippen LogP contribution in [0.15, 0.2) is 11.9 Å². The van der Waals surface area contributed by atoms with Crippen LogP contribution in [0.25, 0.3) is 0 Å². The molecule has 0 heterocycles. The van der Waals surface area contributed by atoms with E-state index in [2.05, 4.69) is 5.43 Å². The summed E-state index contributed by atoms with van der Waals surface area (Å²) in [5, 5.41) is 0. The number of allylic oxidation sites excluding steroid dienone is 1. The molecule has 0 aliphatic heterocycles. The molecule has 0 radical (unpaired) electrons. The van der Waals surface area contributed by atoms with Gasteiger partial charge >= 0.3 is 0 Å². The lowest BCUT2D eigenvalue weighted by atomic mass is 10.3. The van der Waals surface area contributed by atoms with Crippen LogP contribution in [0.5, 0.6) is 0 Å². The van der Waals surface area contributed by atoms with Gasteiger partial charge in [0.1, 0.15) is 0 Å². The molecular weight excluding hydrogens is 153 g/mol. The molecule has 0 saturated carbocycles. The second-order valence-electron chi connectivity index (χ2n) is 1.80. The third kappa shape index (κ3) is 5.71. The summed E-state index contributed by atoms with van der Waals surface area (Å²) in [7, 11) is 0. The molecule has 0 aromatic heterocycles. The third-order valence-corrected chi connectivity index (χ3v) is 1.40. The van der Waals surface area contributed by atoms with E-state index in [9.17, 15) is 3.89 Å². The van der Waals surface area contributed by atoms with Crippen LogP contribution in [-0.4, -0.2) is 5.75 Å². The Kier molecular flexibility index (Phi) is 6.42. The van der Waals surface area contributed by atoms with Crippen molar-refractivity contribution >= 4 is 12.1 Å². The molecule has 0 aromatic rings. The summed E-state index contributed by atoms with van der Waals surface area (Å²) in [6.45, 7) is 0. The second-order valence-corrected chi connectivity index (χ2v) is 2.43. The van der Waals surface area contributed by atoms with E-state index >= 15 is 0 Å². The maximum atomic E-state index is 11.4. The van der Waals surface area contributed by atoms with Crippen molar-refractivity contribution in [1.82, 2.24) is 5.43 Å². The maximum Gasteiger partial charge on any atom is 0.0443 e. The Morgan fingerprint density at radius 1 is 1.70 bits per heavy atom. The van der Waals surface area contributed by atoms with Gasteiger partial charge in [0.2, 0.25) is 0 Å². The molecule has 0 atom stereocenters. The Morgan fingerprint density at radius 3 is 2.90 bits per heavy atom. The lowest BCUT2D eigenvalue weighted by Crippen LogP contribution is -2.16. The maximum absolute atomic E-state index is 11.4. The predicted molar refractivity (Wildman–Crippen MR) is 42.4 cm³/mol. The van der Waals surface area contributed by atoms with Gasteiger partial charge in [0.15, 0.2) is 0 Å². The van der Waals surface area contributed by atoms with Crippen molar-refractivity contribution in [2.24, 2.45) is 11.6 Å². The van der Waals surface area contributed by atoms with Crippen LogP contribution < -0.4 is 17.0 Å². The van der Waals surface area contributed by atoms with E-state index in [0.717, 1.165) is 6.42 Å². The molecule has 0 bridgehead atoms. The largest absolute Gasteiger partial charge is 0.401 e. The van der Waals surface area contributed by atoms with Gasteiger partial charge in [0, 0.05) is 29.8 Å². The van der Waals surface area contributed by atoms with E-state index in [1.807, 2.05) is 0 Å². The Balaban J connectivity index is 3.21. The second kappa shape index (κ2) is 6.70. The fourth-order valence-electron chi connectivity index (χ4n) is 0.510. The van der Waals surface area contributed by atoms with Gasteiger partial charge in [-0.15, -0.1) is 0 Å². The van der Waals surface area contributed by atoms with Gasteiger partial charge < -0.3 is 11.2 Å². The molecule has 0 spiro atoms. The SMILES string of the molecule is NN/C=C(\N)CCCSF. The standard InChI is InChI=1S/C5H12FN3S/c6-10-3-1-2-5(7)4-9-8/h4,9H,1-3,7-8H2/b5-4-. The molecule has 0 aromatic carbocycles. The van der Waals surface area contributed by atoms with Crippen LogP contribution >= 0.6 is 12.1 Å². The van der Waals surface area contributed by atoms with E-state index in [-0.39, 0.29) is 0 Å². The number of hydrazine groups is 1. The van der Waals surface area contributed by atoms with E-state index in [1.165, 1.54) is 6.20 Å². The minimum atomic E-state index is 0.327. The van der Waals surface area contributed by atoms with Crippen molar-refractivity contribution in [2.45, 2.75) is 12.8 Å². The van der Waals surface area contributed by atoms with Crippen LogP contribution in [0, 0.1) is 0 Å². The van der Waals surface area contributed by atoms with Crippen LogP contribution in [0.3, 0.4) is 0 Å².